The van der Waals surface area contributed by atoms with Crippen molar-refractivity contribution >= 4 is 17.4 Å². The Bertz CT molecular complexity index is 1220. The molecule has 0 radical (unpaired) electrons. The second kappa shape index (κ2) is 6.64. The van der Waals surface area contributed by atoms with Crippen LogP contribution in [0.5, 0.6) is 0 Å². The third-order valence-corrected chi connectivity index (χ3v) is 6.59. The molecule has 0 unspecified atom stereocenters. The number of hydrogen-bond acceptors (Lipinski definition) is 9. The number of anilines is 1. The maximum atomic E-state index is 5.87. The van der Waals surface area contributed by atoms with E-state index >= 15 is 0 Å². The number of nitrogens with zero attached hydrogens (tertiary/aromatic N) is 8. The molecule has 150 valence electrons. The Morgan fingerprint density at radius 1 is 1.20 bits per heavy atom. The van der Waals surface area contributed by atoms with Gasteiger partial charge in [0.15, 0.2) is 17.5 Å². The number of morpholine rings is 1. The van der Waals surface area contributed by atoms with Gasteiger partial charge in [-0.15, -0.1) is 15.3 Å². The van der Waals surface area contributed by atoms with Crippen molar-refractivity contribution in [2.75, 3.05) is 24.7 Å². The average Bonchev–Trinajstić information content (AvgIpc) is 3.50. The average molecular weight is 418 g/mol. The molecule has 4 aromatic rings. The van der Waals surface area contributed by atoms with Crippen molar-refractivity contribution in [1.29, 1.82) is 0 Å². The van der Waals surface area contributed by atoms with Crippen LogP contribution in [-0.4, -0.2) is 54.1 Å². The van der Waals surface area contributed by atoms with Crippen molar-refractivity contribution in [2.24, 2.45) is 0 Å². The van der Waals surface area contributed by atoms with E-state index in [2.05, 4.69) is 36.6 Å². The van der Waals surface area contributed by atoms with Gasteiger partial charge in [-0.3, -0.25) is 4.57 Å². The second-order valence-electron chi connectivity index (χ2n) is 7.33. The summed E-state index contributed by atoms with van der Waals surface area (Å²) in [5, 5.41) is 12.9. The highest BCUT2D eigenvalue weighted by atomic mass is 32.1. The number of rotatable bonds is 3. The van der Waals surface area contributed by atoms with Crippen LogP contribution in [0.3, 0.4) is 0 Å². The summed E-state index contributed by atoms with van der Waals surface area (Å²) in [6.07, 6.45) is 4.40. The zero-order chi connectivity index (χ0) is 20.1. The van der Waals surface area contributed by atoms with Gasteiger partial charge in [0.05, 0.1) is 19.4 Å². The monoisotopic (exact) mass is 418 g/mol. The van der Waals surface area contributed by atoms with Crippen LogP contribution in [0.1, 0.15) is 19.2 Å². The molecule has 3 aromatic heterocycles. The lowest BCUT2D eigenvalue weighted by atomic mass is 9.90. The van der Waals surface area contributed by atoms with Gasteiger partial charge in [0.2, 0.25) is 0 Å². The summed E-state index contributed by atoms with van der Waals surface area (Å²) in [4.78, 5) is 12.8. The number of fused-ring (bicyclic) bond motifs is 6. The molecule has 9 nitrogen and oxygen atoms in total. The van der Waals surface area contributed by atoms with E-state index in [1.165, 1.54) is 11.5 Å². The highest BCUT2D eigenvalue weighted by Gasteiger charge is 2.49. The minimum atomic E-state index is -0.387. The summed E-state index contributed by atoms with van der Waals surface area (Å²) in [5.41, 5.74) is 2.29. The molecule has 6 rings (SSSR count). The summed E-state index contributed by atoms with van der Waals surface area (Å²) in [7, 11) is 0. The van der Waals surface area contributed by atoms with Gasteiger partial charge in [-0.2, -0.15) is 0 Å². The first kappa shape index (κ1) is 17.6. The molecule has 0 amide bonds. The van der Waals surface area contributed by atoms with E-state index in [1.54, 1.807) is 6.33 Å². The summed E-state index contributed by atoms with van der Waals surface area (Å²) in [6.45, 7) is 4.08. The SMILES string of the molecule is CC[C@@]12COCCN1c1nc(-c3snnc3-c3ccccc3)ncc1-n1cnnc12. The molecule has 0 bridgehead atoms. The Labute approximate surface area is 176 Å². The fraction of sp³-hybridized carbons (Fsp3) is 0.300. The molecule has 1 saturated heterocycles. The molecule has 0 aliphatic carbocycles. The second-order valence-corrected chi connectivity index (χ2v) is 8.09. The number of benzene rings is 1. The smallest absolute Gasteiger partial charge is 0.175 e. The molecule has 1 aromatic carbocycles. The van der Waals surface area contributed by atoms with Crippen molar-refractivity contribution in [1.82, 2.24) is 34.3 Å². The quantitative estimate of drug-likeness (QED) is 0.501. The number of aromatic nitrogens is 7. The first-order valence-corrected chi connectivity index (χ1v) is 10.6. The zero-order valence-corrected chi connectivity index (χ0v) is 17.1. The van der Waals surface area contributed by atoms with Gasteiger partial charge >= 0.3 is 0 Å². The van der Waals surface area contributed by atoms with Gasteiger partial charge < -0.3 is 9.64 Å². The van der Waals surface area contributed by atoms with Crippen molar-refractivity contribution in [3.63, 3.8) is 0 Å². The van der Waals surface area contributed by atoms with E-state index in [-0.39, 0.29) is 5.54 Å². The third kappa shape index (κ3) is 2.37. The number of hydrogen-bond donors (Lipinski definition) is 0. The molecule has 5 heterocycles. The van der Waals surface area contributed by atoms with Crippen LogP contribution in [0.4, 0.5) is 5.82 Å². The van der Waals surface area contributed by atoms with E-state index in [1.807, 2.05) is 41.1 Å². The molecule has 1 atom stereocenters. The molecule has 30 heavy (non-hydrogen) atoms. The lowest BCUT2D eigenvalue weighted by Crippen LogP contribution is -2.58. The Morgan fingerprint density at radius 3 is 2.97 bits per heavy atom. The van der Waals surface area contributed by atoms with Gasteiger partial charge in [-0.1, -0.05) is 41.7 Å². The lowest BCUT2D eigenvalue weighted by Gasteiger charge is -2.49. The highest BCUT2D eigenvalue weighted by Crippen LogP contribution is 2.44. The van der Waals surface area contributed by atoms with Crippen LogP contribution in [0.15, 0.2) is 42.9 Å². The molecule has 0 spiro atoms. The van der Waals surface area contributed by atoms with Gasteiger partial charge in [-0.25, -0.2) is 9.97 Å². The topological polar surface area (TPSA) is 94.7 Å². The van der Waals surface area contributed by atoms with Gasteiger partial charge in [0, 0.05) is 12.1 Å². The largest absolute Gasteiger partial charge is 0.377 e. The molecule has 2 aliphatic rings. The fourth-order valence-corrected chi connectivity index (χ4v) is 4.96. The van der Waals surface area contributed by atoms with Crippen LogP contribution >= 0.6 is 11.5 Å². The van der Waals surface area contributed by atoms with Crippen LogP contribution in [0, 0.1) is 0 Å². The van der Waals surface area contributed by atoms with E-state index < -0.39 is 0 Å². The van der Waals surface area contributed by atoms with E-state index in [9.17, 15) is 0 Å². The summed E-state index contributed by atoms with van der Waals surface area (Å²) >= 11 is 1.31. The van der Waals surface area contributed by atoms with E-state index in [4.69, 9.17) is 9.72 Å². The first-order chi connectivity index (χ1) is 14.8. The Balaban J connectivity index is 1.53. The predicted molar refractivity (Wildman–Crippen MR) is 111 cm³/mol. The Morgan fingerprint density at radius 2 is 2.10 bits per heavy atom. The van der Waals surface area contributed by atoms with Gasteiger partial charge in [0.1, 0.15) is 28.1 Å². The molecule has 0 saturated carbocycles. The van der Waals surface area contributed by atoms with Crippen LogP contribution in [-0.2, 0) is 10.3 Å². The van der Waals surface area contributed by atoms with Crippen molar-refractivity contribution in [3.8, 4) is 27.6 Å². The molecular weight excluding hydrogens is 400 g/mol. The number of ether oxygens (including phenoxy) is 1. The highest BCUT2D eigenvalue weighted by molar-refractivity contribution is 7.09. The summed E-state index contributed by atoms with van der Waals surface area (Å²) < 4.78 is 12.0. The molecule has 0 N–H and O–H groups in total. The normalized spacial score (nSPS) is 19.8. The summed E-state index contributed by atoms with van der Waals surface area (Å²) in [5.74, 6) is 2.36. The Kier molecular flexibility index (Phi) is 3.90. The van der Waals surface area contributed by atoms with Gasteiger partial charge in [0.25, 0.3) is 0 Å². The zero-order valence-electron chi connectivity index (χ0n) is 16.3. The Hall–Kier alpha value is -3.24. The van der Waals surface area contributed by atoms with E-state index in [0.717, 1.165) is 46.4 Å². The van der Waals surface area contributed by atoms with Crippen molar-refractivity contribution in [2.45, 2.75) is 18.9 Å². The maximum absolute atomic E-state index is 5.87. The van der Waals surface area contributed by atoms with Gasteiger partial charge in [-0.05, 0) is 18.0 Å². The van der Waals surface area contributed by atoms with E-state index in [0.29, 0.717) is 19.0 Å². The summed E-state index contributed by atoms with van der Waals surface area (Å²) in [6, 6.07) is 10.0. The minimum Gasteiger partial charge on any atom is -0.377 e. The fourth-order valence-electron chi connectivity index (χ4n) is 4.33. The maximum Gasteiger partial charge on any atom is 0.175 e. The molecule has 1 fully saturated rings. The lowest BCUT2D eigenvalue weighted by molar-refractivity contribution is 0.0391. The molecule has 2 aliphatic heterocycles. The third-order valence-electron chi connectivity index (χ3n) is 5.87. The standard InChI is InChI=1S/C20H18N8OS/c1-2-20-11-29-9-8-28(20)18-14(27-12-22-25-19(20)27)10-21-17(23-18)16-15(24-26-30-16)13-6-4-3-5-7-13/h3-7,10,12H,2,8-9,11H2,1H3/t20-/m0/s1. The molecular formula is C20H18N8OS. The minimum absolute atomic E-state index is 0.387. The first-order valence-electron chi connectivity index (χ1n) is 9.83. The van der Waals surface area contributed by atoms with Crippen LogP contribution < -0.4 is 4.90 Å². The van der Waals surface area contributed by atoms with Crippen LogP contribution in [0.2, 0.25) is 0 Å². The van der Waals surface area contributed by atoms with Crippen LogP contribution in [0.25, 0.3) is 27.6 Å². The predicted octanol–water partition coefficient (Wildman–Crippen LogP) is 2.70. The van der Waals surface area contributed by atoms with Crippen molar-refractivity contribution in [3.05, 3.63) is 48.7 Å². The van der Waals surface area contributed by atoms with Crippen molar-refractivity contribution < 1.29 is 4.74 Å². The molecule has 10 heteroatoms.